The van der Waals surface area contributed by atoms with Gasteiger partial charge >= 0.3 is 0 Å². The zero-order valence-electron chi connectivity index (χ0n) is 9.09. The summed E-state index contributed by atoms with van der Waals surface area (Å²) in [6.45, 7) is 4.55. The van der Waals surface area contributed by atoms with Crippen molar-refractivity contribution < 1.29 is 14.2 Å². The van der Waals surface area contributed by atoms with Crippen LogP contribution in [0.3, 0.4) is 0 Å². The standard InChI is InChI=1S/C11H16O3/c1-5-14-11-7-9(12-3)6-10(13-4)8(11)2/h6-7H,5H2,1-4H3. The first-order chi connectivity index (χ1) is 6.72. The van der Waals surface area contributed by atoms with Crippen LogP contribution in [0.25, 0.3) is 0 Å². The third-order valence-corrected chi connectivity index (χ3v) is 2.04. The van der Waals surface area contributed by atoms with E-state index in [0.29, 0.717) is 6.61 Å². The lowest BCUT2D eigenvalue weighted by Gasteiger charge is -2.12. The number of hydrogen-bond donors (Lipinski definition) is 0. The van der Waals surface area contributed by atoms with Crippen molar-refractivity contribution in [3.63, 3.8) is 0 Å². The summed E-state index contributed by atoms with van der Waals surface area (Å²) in [4.78, 5) is 0. The van der Waals surface area contributed by atoms with Gasteiger partial charge in [0.25, 0.3) is 0 Å². The summed E-state index contributed by atoms with van der Waals surface area (Å²) in [5, 5.41) is 0. The van der Waals surface area contributed by atoms with E-state index >= 15 is 0 Å². The lowest BCUT2D eigenvalue weighted by molar-refractivity contribution is 0.327. The van der Waals surface area contributed by atoms with Gasteiger partial charge in [-0.05, 0) is 13.8 Å². The third-order valence-electron chi connectivity index (χ3n) is 2.04. The van der Waals surface area contributed by atoms with Gasteiger partial charge < -0.3 is 14.2 Å². The summed E-state index contributed by atoms with van der Waals surface area (Å²) in [5.74, 6) is 2.34. The summed E-state index contributed by atoms with van der Waals surface area (Å²) in [5.41, 5.74) is 0.996. The Balaban J connectivity index is 3.12. The molecule has 0 aliphatic heterocycles. The molecule has 0 saturated heterocycles. The fourth-order valence-corrected chi connectivity index (χ4v) is 1.27. The van der Waals surface area contributed by atoms with E-state index in [4.69, 9.17) is 14.2 Å². The average Bonchev–Trinajstić information content (AvgIpc) is 2.21. The molecule has 78 valence electrons. The van der Waals surface area contributed by atoms with Crippen molar-refractivity contribution in [1.29, 1.82) is 0 Å². The smallest absolute Gasteiger partial charge is 0.129 e. The molecule has 14 heavy (non-hydrogen) atoms. The van der Waals surface area contributed by atoms with E-state index < -0.39 is 0 Å². The second kappa shape index (κ2) is 4.74. The number of benzene rings is 1. The van der Waals surface area contributed by atoms with Crippen LogP contribution in [0.15, 0.2) is 12.1 Å². The van der Waals surface area contributed by atoms with Crippen molar-refractivity contribution in [2.45, 2.75) is 13.8 Å². The minimum absolute atomic E-state index is 0.636. The van der Waals surface area contributed by atoms with Gasteiger partial charge in [-0.15, -0.1) is 0 Å². The molecule has 1 rings (SSSR count). The van der Waals surface area contributed by atoms with Gasteiger partial charge in [0.05, 0.1) is 20.8 Å². The molecule has 1 aromatic carbocycles. The Labute approximate surface area is 84.6 Å². The van der Waals surface area contributed by atoms with Gasteiger partial charge in [-0.2, -0.15) is 0 Å². The minimum Gasteiger partial charge on any atom is -0.496 e. The summed E-state index contributed by atoms with van der Waals surface area (Å²) in [6.07, 6.45) is 0. The van der Waals surface area contributed by atoms with Crippen LogP contribution < -0.4 is 14.2 Å². The molecule has 0 aliphatic carbocycles. The van der Waals surface area contributed by atoms with Crippen molar-refractivity contribution in [2.75, 3.05) is 20.8 Å². The average molecular weight is 196 g/mol. The van der Waals surface area contributed by atoms with Crippen LogP contribution in [-0.4, -0.2) is 20.8 Å². The number of hydrogen-bond acceptors (Lipinski definition) is 3. The van der Waals surface area contributed by atoms with Crippen molar-refractivity contribution in [1.82, 2.24) is 0 Å². The van der Waals surface area contributed by atoms with E-state index in [1.54, 1.807) is 14.2 Å². The van der Waals surface area contributed by atoms with Gasteiger partial charge in [-0.1, -0.05) is 0 Å². The van der Waals surface area contributed by atoms with E-state index in [0.717, 1.165) is 22.8 Å². The van der Waals surface area contributed by atoms with Crippen molar-refractivity contribution >= 4 is 0 Å². The summed E-state index contributed by atoms with van der Waals surface area (Å²) >= 11 is 0. The molecule has 0 bridgehead atoms. The maximum atomic E-state index is 5.46. The summed E-state index contributed by atoms with van der Waals surface area (Å²) in [7, 11) is 3.26. The Morgan fingerprint density at radius 3 is 2.21 bits per heavy atom. The largest absolute Gasteiger partial charge is 0.496 e. The van der Waals surface area contributed by atoms with E-state index in [9.17, 15) is 0 Å². The van der Waals surface area contributed by atoms with Gasteiger partial charge in [0.15, 0.2) is 0 Å². The van der Waals surface area contributed by atoms with Gasteiger partial charge in [0, 0.05) is 17.7 Å². The molecule has 0 aliphatic rings. The third kappa shape index (κ3) is 2.10. The van der Waals surface area contributed by atoms with Crippen molar-refractivity contribution in [3.8, 4) is 17.2 Å². The molecule has 0 aromatic heterocycles. The van der Waals surface area contributed by atoms with Crippen LogP contribution in [0.2, 0.25) is 0 Å². The Morgan fingerprint density at radius 1 is 1.07 bits per heavy atom. The predicted octanol–water partition coefficient (Wildman–Crippen LogP) is 2.41. The highest BCUT2D eigenvalue weighted by Gasteiger charge is 2.08. The molecule has 0 atom stereocenters. The van der Waals surface area contributed by atoms with Gasteiger partial charge in [0.2, 0.25) is 0 Å². The van der Waals surface area contributed by atoms with Crippen LogP contribution in [0.4, 0.5) is 0 Å². The first-order valence-corrected chi connectivity index (χ1v) is 4.58. The van der Waals surface area contributed by atoms with Crippen LogP contribution in [0, 0.1) is 6.92 Å². The van der Waals surface area contributed by atoms with Crippen LogP contribution in [-0.2, 0) is 0 Å². The number of ether oxygens (including phenoxy) is 3. The lowest BCUT2D eigenvalue weighted by Crippen LogP contribution is -1.97. The summed E-state index contributed by atoms with van der Waals surface area (Å²) in [6, 6.07) is 3.71. The molecule has 0 fully saturated rings. The Morgan fingerprint density at radius 2 is 1.71 bits per heavy atom. The topological polar surface area (TPSA) is 27.7 Å². The zero-order chi connectivity index (χ0) is 10.6. The maximum absolute atomic E-state index is 5.46. The highest BCUT2D eigenvalue weighted by Crippen LogP contribution is 2.33. The second-order valence-electron chi connectivity index (χ2n) is 2.89. The predicted molar refractivity (Wildman–Crippen MR) is 55.5 cm³/mol. The number of methoxy groups -OCH3 is 2. The molecule has 3 heteroatoms. The van der Waals surface area contributed by atoms with E-state index in [2.05, 4.69) is 0 Å². The van der Waals surface area contributed by atoms with E-state index in [-0.39, 0.29) is 0 Å². The first kappa shape index (κ1) is 10.7. The first-order valence-electron chi connectivity index (χ1n) is 4.58. The molecule has 1 aromatic rings. The fraction of sp³-hybridized carbons (Fsp3) is 0.455. The maximum Gasteiger partial charge on any atom is 0.129 e. The molecule has 0 amide bonds. The highest BCUT2D eigenvalue weighted by molar-refractivity contribution is 5.49. The molecule has 0 radical (unpaired) electrons. The lowest BCUT2D eigenvalue weighted by atomic mass is 10.2. The highest BCUT2D eigenvalue weighted by atomic mass is 16.5. The van der Waals surface area contributed by atoms with Crippen molar-refractivity contribution in [2.24, 2.45) is 0 Å². The molecule has 3 nitrogen and oxygen atoms in total. The van der Waals surface area contributed by atoms with E-state index in [1.165, 1.54) is 0 Å². The Kier molecular flexibility index (Phi) is 3.63. The minimum atomic E-state index is 0.636. The summed E-state index contributed by atoms with van der Waals surface area (Å²) < 4.78 is 15.8. The zero-order valence-corrected chi connectivity index (χ0v) is 9.09. The molecule has 0 unspecified atom stereocenters. The van der Waals surface area contributed by atoms with E-state index in [1.807, 2.05) is 26.0 Å². The Hall–Kier alpha value is -1.38. The van der Waals surface area contributed by atoms with Gasteiger partial charge in [0.1, 0.15) is 17.2 Å². The van der Waals surface area contributed by atoms with Crippen LogP contribution >= 0.6 is 0 Å². The number of rotatable bonds is 4. The monoisotopic (exact) mass is 196 g/mol. The SMILES string of the molecule is CCOc1cc(OC)cc(OC)c1C. The van der Waals surface area contributed by atoms with Gasteiger partial charge in [-0.3, -0.25) is 0 Å². The van der Waals surface area contributed by atoms with Crippen LogP contribution in [0.5, 0.6) is 17.2 Å². The Bertz CT molecular complexity index is 308. The molecular weight excluding hydrogens is 180 g/mol. The molecule has 0 spiro atoms. The fourth-order valence-electron chi connectivity index (χ4n) is 1.27. The normalized spacial score (nSPS) is 9.71. The van der Waals surface area contributed by atoms with Gasteiger partial charge in [-0.25, -0.2) is 0 Å². The van der Waals surface area contributed by atoms with Crippen LogP contribution in [0.1, 0.15) is 12.5 Å². The second-order valence-corrected chi connectivity index (χ2v) is 2.89. The molecule has 0 N–H and O–H groups in total. The quantitative estimate of drug-likeness (QED) is 0.740. The van der Waals surface area contributed by atoms with Crippen molar-refractivity contribution in [3.05, 3.63) is 17.7 Å². The molecule has 0 heterocycles. The molecule has 0 saturated carbocycles. The molecular formula is C11H16O3.